The van der Waals surface area contributed by atoms with Crippen molar-refractivity contribution < 1.29 is 4.79 Å². The fourth-order valence-electron chi connectivity index (χ4n) is 4.52. The molecule has 4 aromatic rings. The Morgan fingerprint density at radius 2 is 1.91 bits per heavy atom. The molecule has 1 aliphatic rings. The summed E-state index contributed by atoms with van der Waals surface area (Å²) in [5, 5.41) is 0.764. The quantitative estimate of drug-likeness (QED) is 0.415. The molecule has 0 N–H and O–H groups in total. The van der Waals surface area contributed by atoms with Gasteiger partial charge in [-0.3, -0.25) is 9.69 Å². The van der Waals surface area contributed by atoms with E-state index in [-0.39, 0.29) is 11.8 Å². The molecule has 7 heteroatoms. The summed E-state index contributed by atoms with van der Waals surface area (Å²) < 4.78 is 1.14. The van der Waals surface area contributed by atoms with E-state index in [4.69, 9.17) is 4.98 Å². The fraction of sp³-hybridized carbons (Fsp3) is 0.308. The van der Waals surface area contributed by atoms with Gasteiger partial charge in [0.1, 0.15) is 0 Å². The molecule has 1 amide bonds. The zero-order chi connectivity index (χ0) is 22.8. The molecule has 0 radical (unpaired) electrons. The Morgan fingerprint density at radius 3 is 2.70 bits per heavy atom. The van der Waals surface area contributed by atoms with Crippen molar-refractivity contribution in [3.8, 4) is 0 Å². The van der Waals surface area contributed by atoms with Gasteiger partial charge in [-0.25, -0.2) is 15.0 Å². The van der Waals surface area contributed by atoms with Gasteiger partial charge < -0.3 is 4.90 Å². The number of aromatic nitrogens is 3. The molecule has 5 rings (SSSR count). The van der Waals surface area contributed by atoms with E-state index in [1.165, 1.54) is 11.1 Å². The molecule has 6 nitrogen and oxygen atoms in total. The summed E-state index contributed by atoms with van der Waals surface area (Å²) in [7, 11) is 0. The van der Waals surface area contributed by atoms with E-state index in [1.807, 2.05) is 29.2 Å². The SMILES string of the molecule is Cc1cc(C)c2sc(N(Cc3ccccc3)C(=O)C3CCCN(c4ncccn4)C3)nc2c1. The third-order valence-corrected chi connectivity index (χ3v) is 7.32. The minimum atomic E-state index is -0.124. The topological polar surface area (TPSA) is 62.2 Å². The normalized spacial score (nSPS) is 16.2. The van der Waals surface area contributed by atoms with Gasteiger partial charge in [-0.1, -0.05) is 47.7 Å². The molecule has 1 fully saturated rings. The number of piperidine rings is 1. The van der Waals surface area contributed by atoms with Crippen LogP contribution in [0.5, 0.6) is 0 Å². The highest BCUT2D eigenvalue weighted by Gasteiger charge is 2.32. The zero-order valence-electron chi connectivity index (χ0n) is 18.9. The number of thiazole rings is 1. The first-order valence-corrected chi connectivity index (χ1v) is 12.1. The molecule has 0 spiro atoms. The standard InChI is InChI=1S/C26H27N5OS/c1-18-14-19(2)23-22(15-18)29-26(33-23)31(16-20-8-4-3-5-9-20)24(32)21-10-6-13-30(17-21)25-27-11-7-12-28-25/h3-5,7-9,11-12,14-15,21H,6,10,13,16-17H2,1-2H3. The van der Waals surface area contributed by atoms with Crippen LogP contribution in [0.1, 0.15) is 29.5 Å². The van der Waals surface area contributed by atoms with Gasteiger partial charge in [0.15, 0.2) is 5.13 Å². The average Bonchev–Trinajstić information content (AvgIpc) is 3.27. The third-order valence-electron chi connectivity index (χ3n) is 6.09. The third kappa shape index (κ3) is 4.59. The van der Waals surface area contributed by atoms with Crippen LogP contribution in [-0.2, 0) is 11.3 Å². The highest BCUT2D eigenvalue weighted by Crippen LogP contribution is 2.34. The second kappa shape index (κ2) is 9.27. The van der Waals surface area contributed by atoms with Gasteiger partial charge >= 0.3 is 0 Å². The van der Waals surface area contributed by atoms with Crippen LogP contribution in [0.3, 0.4) is 0 Å². The molecule has 168 valence electrons. The summed E-state index contributed by atoms with van der Waals surface area (Å²) >= 11 is 1.61. The predicted octanol–water partition coefficient (Wildman–Crippen LogP) is 5.15. The molecule has 0 saturated carbocycles. The lowest BCUT2D eigenvalue weighted by atomic mass is 9.96. The first kappa shape index (κ1) is 21.5. The van der Waals surface area contributed by atoms with Gasteiger partial charge in [0.05, 0.1) is 22.7 Å². The van der Waals surface area contributed by atoms with Crippen LogP contribution in [0.25, 0.3) is 10.2 Å². The second-order valence-electron chi connectivity index (χ2n) is 8.67. The van der Waals surface area contributed by atoms with Crippen molar-refractivity contribution in [1.82, 2.24) is 15.0 Å². The number of benzene rings is 2. The fourth-order valence-corrected chi connectivity index (χ4v) is 5.54. The van der Waals surface area contributed by atoms with Crippen LogP contribution in [0.15, 0.2) is 60.9 Å². The molecular weight excluding hydrogens is 430 g/mol. The lowest BCUT2D eigenvalue weighted by molar-refractivity contribution is -0.122. The Hall–Kier alpha value is -3.32. The van der Waals surface area contributed by atoms with E-state index in [1.54, 1.807) is 23.7 Å². The number of nitrogens with zero attached hydrogens (tertiary/aromatic N) is 5. The number of anilines is 2. The van der Waals surface area contributed by atoms with E-state index in [0.717, 1.165) is 40.3 Å². The van der Waals surface area contributed by atoms with Crippen molar-refractivity contribution in [1.29, 1.82) is 0 Å². The maximum absolute atomic E-state index is 13.9. The molecule has 0 bridgehead atoms. The maximum Gasteiger partial charge on any atom is 0.233 e. The predicted molar refractivity (Wildman–Crippen MR) is 134 cm³/mol. The van der Waals surface area contributed by atoms with Crippen molar-refractivity contribution in [2.75, 3.05) is 22.9 Å². The van der Waals surface area contributed by atoms with Crippen molar-refractivity contribution in [3.63, 3.8) is 0 Å². The largest absolute Gasteiger partial charge is 0.340 e. The van der Waals surface area contributed by atoms with Crippen LogP contribution in [0.4, 0.5) is 11.1 Å². The molecule has 33 heavy (non-hydrogen) atoms. The molecular formula is C26H27N5OS. The Labute approximate surface area is 197 Å². The minimum absolute atomic E-state index is 0.118. The van der Waals surface area contributed by atoms with Crippen molar-refractivity contribution in [3.05, 3.63) is 77.6 Å². The van der Waals surface area contributed by atoms with Gasteiger partial charge in [-0.05, 0) is 55.5 Å². The van der Waals surface area contributed by atoms with Crippen molar-refractivity contribution >= 4 is 38.5 Å². The second-order valence-corrected chi connectivity index (χ2v) is 9.65. The summed E-state index contributed by atoms with van der Waals surface area (Å²) in [6.07, 6.45) is 5.30. The molecule has 2 aromatic heterocycles. The zero-order valence-corrected chi connectivity index (χ0v) is 19.8. The summed E-state index contributed by atoms with van der Waals surface area (Å²) in [5.74, 6) is 0.685. The van der Waals surface area contributed by atoms with Gasteiger partial charge in [0.25, 0.3) is 0 Å². The lowest BCUT2D eigenvalue weighted by Gasteiger charge is -2.34. The monoisotopic (exact) mass is 457 g/mol. The summed E-state index contributed by atoms with van der Waals surface area (Å²) in [5.41, 5.74) is 4.44. The van der Waals surface area contributed by atoms with Crippen LogP contribution in [0, 0.1) is 19.8 Å². The first-order valence-electron chi connectivity index (χ1n) is 11.3. The van der Waals surface area contributed by atoms with E-state index >= 15 is 0 Å². The maximum atomic E-state index is 13.9. The van der Waals surface area contributed by atoms with E-state index in [9.17, 15) is 4.79 Å². The van der Waals surface area contributed by atoms with Crippen LogP contribution in [0.2, 0.25) is 0 Å². The highest BCUT2D eigenvalue weighted by atomic mass is 32.1. The van der Waals surface area contributed by atoms with Crippen LogP contribution in [-0.4, -0.2) is 33.9 Å². The molecule has 0 aliphatic carbocycles. The summed E-state index contributed by atoms with van der Waals surface area (Å²) in [6, 6.07) is 16.2. The number of rotatable bonds is 5. The number of fused-ring (bicyclic) bond motifs is 1. The van der Waals surface area contributed by atoms with Gasteiger partial charge in [0.2, 0.25) is 11.9 Å². The first-order chi connectivity index (χ1) is 16.1. The van der Waals surface area contributed by atoms with E-state index in [0.29, 0.717) is 19.0 Å². The lowest BCUT2D eigenvalue weighted by Crippen LogP contribution is -2.45. The smallest absolute Gasteiger partial charge is 0.233 e. The Morgan fingerprint density at radius 1 is 1.12 bits per heavy atom. The van der Waals surface area contributed by atoms with Crippen LogP contribution >= 0.6 is 11.3 Å². The number of aryl methyl sites for hydroxylation is 2. The highest BCUT2D eigenvalue weighted by molar-refractivity contribution is 7.22. The molecule has 1 saturated heterocycles. The Bertz CT molecular complexity index is 1260. The molecule has 1 unspecified atom stereocenters. The van der Waals surface area contributed by atoms with Gasteiger partial charge in [0, 0.05) is 25.5 Å². The Balaban J connectivity index is 1.48. The summed E-state index contributed by atoms with van der Waals surface area (Å²) in [6.45, 7) is 6.19. The van der Waals surface area contributed by atoms with Gasteiger partial charge in [-0.2, -0.15) is 0 Å². The molecule has 1 aliphatic heterocycles. The average molecular weight is 458 g/mol. The van der Waals surface area contributed by atoms with Gasteiger partial charge in [-0.15, -0.1) is 0 Å². The Kier molecular flexibility index (Phi) is 6.05. The molecule has 1 atom stereocenters. The number of carbonyl (C=O) groups is 1. The number of hydrogen-bond donors (Lipinski definition) is 0. The number of hydrogen-bond acceptors (Lipinski definition) is 6. The van der Waals surface area contributed by atoms with E-state index < -0.39 is 0 Å². The van der Waals surface area contributed by atoms with Crippen molar-refractivity contribution in [2.24, 2.45) is 5.92 Å². The number of amides is 1. The molecule has 3 heterocycles. The van der Waals surface area contributed by atoms with Crippen LogP contribution < -0.4 is 9.80 Å². The minimum Gasteiger partial charge on any atom is -0.340 e. The molecule has 2 aromatic carbocycles. The van der Waals surface area contributed by atoms with Crippen molar-refractivity contribution in [2.45, 2.75) is 33.2 Å². The van der Waals surface area contributed by atoms with E-state index in [2.05, 4.69) is 53.0 Å². The number of carbonyl (C=O) groups excluding carboxylic acids is 1. The summed E-state index contributed by atoms with van der Waals surface area (Å²) in [4.78, 5) is 31.6.